The van der Waals surface area contributed by atoms with Crippen molar-refractivity contribution in [1.29, 1.82) is 0 Å². The first-order valence-corrected chi connectivity index (χ1v) is 9.21. The van der Waals surface area contributed by atoms with E-state index >= 15 is 0 Å². The molecule has 0 saturated carbocycles. The Hall–Kier alpha value is -1.61. The summed E-state index contributed by atoms with van der Waals surface area (Å²) in [5, 5.41) is 4.58. The molecule has 0 aromatic heterocycles. The van der Waals surface area contributed by atoms with Gasteiger partial charge < -0.3 is 16.0 Å². The molecule has 1 aromatic carbocycles. The quantitative estimate of drug-likeness (QED) is 0.456. The fraction of sp³-hybridized carbons (Fsp3) is 0.222. The minimum atomic E-state index is -0.249. The molecule has 1 aromatic rings. The van der Waals surface area contributed by atoms with E-state index in [4.69, 9.17) is 17.3 Å². The molecule has 1 aliphatic rings. The van der Waals surface area contributed by atoms with Gasteiger partial charge in [-0.05, 0) is 46.9 Å². The van der Waals surface area contributed by atoms with E-state index in [1.165, 1.54) is 6.07 Å². The van der Waals surface area contributed by atoms with E-state index in [-0.39, 0.29) is 5.82 Å². The van der Waals surface area contributed by atoms with E-state index in [1.807, 2.05) is 43.5 Å². The standard InChI is InChI=1S/C18H22ClFN3P/c1-22-11-13(7-8-23(2)12-21)15-4-3-9-24-18(15)16-10-14(19)5-6-17(16)20/h3-8,10-11,22,24H,9,12,21H2,1-2H3/b8-7-,13-11+. The highest BCUT2D eigenvalue weighted by Crippen LogP contribution is 2.43. The number of benzene rings is 1. The third-order valence-corrected chi connectivity index (χ3v) is 5.12. The van der Waals surface area contributed by atoms with Gasteiger partial charge in [-0.15, -0.1) is 0 Å². The van der Waals surface area contributed by atoms with Crippen LogP contribution in [0, 0.1) is 5.82 Å². The van der Waals surface area contributed by atoms with E-state index < -0.39 is 0 Å². The topological polar surface area (TPSA) is 41.3 Å². The Kier molecular flexibility index (Phi) is 7.04. The van der Waals surface area contributed by atoms with Crippen molar-refractivity contribution in [2.45, 2.75) is 0 Å². The summed E-state index contributed by atoms with van der Waals surface area (Å²) in [6, 6.07) is 4.69. The van der Waals surface area contributed by atoms with Crippen molar-refractivity contribution in [2.75, 3.05) is 26.9 Å². The first-order valence-electron chi connectivity index (χ1n) is 7.63. The average molecular weight is 366 g/mol. The smallest absolute Gasteiger partial charge is 0.131 e. The summed E-state index contributed by atoms with van der Waals surface area (Å²) in [6.07, 6.45) is 10.9. The van der Waals surface area contributed by atoms with Gasteiger partial charge in [-0.3, -0.25) is 0 Å². The first-order chi connectivity index (χ1) is 11.6. The second-order valence-corrected chi connectivity index (χ2v) is 7.04. The summed E-state index contributed by atoms with van der Waals surface area (Å²) in [7, 11) is 4.24. The summed E-state index contributed by atoms with van der Waals surface area (Å²) >= 11 is 6.08. The highest BCUT2D eigenvalue weighted by atomic mass is 35.5. The maximum atomic E-state index is 14.4. The van der Waals surface area contributed by atoms with Crippen molar-refractivity contribution in [3.63, 3.8) is 0 Å². The molecule has 0 saturated heterocycles. The zero-order chi connectivity index (χ0) is 17.5. The van der Waals surface area contributed by atoms with Crippen molar-refractivity contribution in [3.8, 4) is 0 Å². The molecule has 1 unspecified atom stereocenters. The van der Waals surface area contributed by atoms with Crippen molar-refractivity contribution in [1.82, 2.24) is 10.2 Å². The van der Waals surface area contributed by atoms with E-state index in [0.29, 0.717) is 25.8 Å². The maximum Gasteiger partial charge on any atom is 0.131 e. The minimum absolute atomic E-state index is 0.249. The van der Waals surface area contributed by atoms with Crippen LogP contribution in [0.15, 0.2) is 60.0 Å². The molecule has 2 rings (SSSR count). The minimum Gasteiger partial charge on any atom is -0.393 e. The number of nitrogens with two attached hydrogens (primary N) is 1. The molecule has 0 spiro atoms. The fourth-order valence-corrected chi connectivity index (χ4v) is 3.74. The van der Waals surface area contributed by atoms with Crippen molar-refractivity contribution < 1.29 is 4.39 Å². The van der Waals surface area contributed by atoms with Gasteiger partial charge in [0.05, 0.1) is 6.67 Å². The third kappa shape index (κ3) is 4.70. The lowest BCUT2D eigenvalue weighted by molar-refractivity contribution is 0.471. The molecule has 0 aliphatic carbocycles. The number of allylic oxidation sites excluding steroid dienone is 5. The summed E-state index contributed by atoms with van der Waals surface area (Å²) in [5.74, 6) is -0.249. The summed E-state index contributed by atoms with van der Waals surface area (Å²) in [6.45, 7) is 0.426. The van der Waals surface area contributed by atoms with Crippen LogP contribution < -0.4 is 11.1 Å². The van der Waals surface area contributed by atoms with Crippen LogP contribution >= 0.6 is 20.2 Å². The van der Waals surface area contributed by atoms with Crippen LogP contribution in [-0.4, -0.2) is 31.8 Å². The zero-order valence-electron chi connectivity index (χ0n) is 13.8. The number of nitrogens with zero attached hydrogens (tertiary/aromatic N) is 1. The molecule has 1 atom stereocenters. The van der Waals surface area contributed by atoms with Crippen LogP contribution in [0.1, 0.15) is 5.56 Å². The first kappa shape index (κ1) is 18.7. The lowest BCUT2D eigenvalue weighted by Gasteiger charge is -2.19. The molecule has 24 heavy (non-hydrogen) atoms. The summed E-state index contributed by atoms with van der Waals surface area (Å²) < 4.78 is 14.4. The molecule has 0 amide bonds. The molecule has 128 valence electrons. The number of halogens is 2. The Labute approximate surface area is 149 Å². The van der Waals surface area contributed by atoms with Crippen molar-refractivity contribution in [2.24, 2.45) is 5.73 Å². The van der Waals surface area contributed by atoms with Gasteiger partial charge in [-0.2, -0.15) is 0 Å². The Balaban J connectivity index is 2.54. The molecular formula is C18H22ClFN3P. The zero-order valence-corrected chi connectivity index (χ0v) is 15.6. The normalized spacial score (nSPS) is 16.3. The predicted octanol–water partition coefficient (Wildman–Crippen LogP) is 3.90. The van der Waals surface area contributed by atoms with Gasteiger partial charge in [-0.1, -0.05) is 32.3 Å². The maximum absolute atomic E-state index is 14.4. The molecule has 1 aliphatic heterocycles. The highest BCUT2D eigenvalue weighted by molar-refractivity contribution is 7.50. The molecule has 3 N–H and O–H groups in total. The monoisotopic (exact) mass is 365 g/mol. The fourth-order valence-electron chi connectivity index (χ4n) is 2.33. The molecular weight excluding hydrogens is 344 g/mol. The molecule has 1 heterocycles. The van der Waals surface area contributed by atoms with Crippen LogP contribution in [-0.2, 0) is 0 Å². The van der Waals surface area contributed by atoms with Crippen LogP contribution in [0.4, 0.5) is 4.39 Å². The molecule has 0 bridgehead atoms. The van der Waals surface area contributed by atoms with Gasteiger partial charge in [-0.25, -0.2) is 4.39 Å². The van der Waals surface area contributed by atoms with Crippen LogP contribution in [0.25, 0.3) is 5.31 Å². The predicted molar refractivity (Wildman–Crippen MR) is 104 cm³/mol. The Bertz CT molecular complexity index is 710. The van der Waals surface area contributed by atoms with Crippen LogP contribution in [0.3, 0.4) is 0 Å². The molecule has 3 nitrogen and oxygen atoms in total. The van der Waals surface area contributed by atoms with Gasteiger partial charge in [0.2, 0.25) is 0 Å². The second kappa shape index (κ2) is 9.03. The van der Waals surface area contributed by atoms with Crippen LogP contribution in [0.5, 0.6) is 0 Å². The number of rotatable bonds is 6. The van der Waals surface area contributed by atoms with E-state index in [2.05, 4.69) is 11.4 Å². The largest absolute Gasteiger partial charge is 0.393 e. The van der Waals surface area contributed by atoms with E-state index in [0.717, 1.165) is 22.6 Å². The molecule has 0 radical (unpaired) electrons. The molecule has 6 heteroatoms. The number of hydrogen-bond donors (Lipinski definition) is 2. The van der Waals surface area contributed by atoms with Crippen molar-refractivity contribution in [3.05, 3.63) is 76.4 Å². The van der Waals surface area contributed by atoms with Gasteiger partial charge in [0.1, 0.15) is 5.82 Å². The lowest BCUT2D eigenvalue weighted by atomic mass is 10.0. The van der Waals surface area contributed by atoms with Crippen molar-refractivity contribution >= 4 is 25.5 Å². The second-order valence-electron chi connectivity index (χ2n) is 5.34. The number of hydrogen-bond acceptors (Lipinski definition) is 3. The third-order valence-electron chi connectivity index (χ3n) is 3.56. The van der Waals surface area contributed by atoms with E-state index in [1.54, 1.807) is 12.1 Å². The van der Waals surface area contributed by atoms with E-state index in [9.17, 15) is 4.39 Å². The van der Waals surface area contributed by atoms with Gasteiger partial charge in [0.15, 0.2) is 0 Å². The summed E-state index contributed by atoms with van der Waals surface area (Å²) in [5.41, 5.74) is 8.15. The molecule has 0 fully saturated rings. The Morgan fingerprint density at radius 2 is 2.29 bits per heavy atom. The van der Waals surface area contributed by atoms with Crippen LogP contribution in [0.2, 0.25) is 5.02 Å². The highest BCUT2D eigenvalue weighted by Gasteiger charge is 2.17. The Morgan fingerprint density at radius 3 is 3.00 bits per heavy atom. The van der Waals surface area contributed by atoms with Gasteiger partial charge >= 0.3 is 0 Å². The average Bonchev–Trinajstić information content (AvgIpc) is 2.60. The summed E-state index contributed by atoms with van der Waals surface area (Å²) in [4.78, 5) is 1.87. The lowest BCUT2D eigenvalue weighted by Crippen LogP contribution is -2.19. The Morgan fingerprint density at radius 1 is 1.50 bits per heavy atom. The van der Waals surface area contributed by atoms with Gasteiger partial charge in [0, 0.05) is 37.1 Å². The SMILES string of the molecule is CN/C=C(\C=C/N(C)CN)C1=C(c2cc(Cl)ccc2F)PCC=C1. The van der Waals surface area contributed by atoms with Gasteiger partial charge in [0.25, 0.3) is 0 Å². The number of nitrogens with one attached hydrogen (secondary N) is 1.